The first-order valence-corrected chi connectivity index (χ1v) is 11.4. The van der Waals surface area contributed by atoms with Gasteiger partial charge in [0.15, 0.2) is 0 Å². The lowest BCUT2D eigenvalue weighted by Crippen LogP contribution is -2.44. The van der Waals surface area contributed by atoms with Crippen LogP contribution in [0.2, 0.25) is 0 Å². The van der Waals surface area contributed by atoms with Crippen LogP contribution in [0.1, 0.15) is 34.3 Å². The molecule has 1 aliphatic rings. The van der Waals surface area contributed by atoms with Crippen molar-refractivity contribution < 1.29 is 13.2 Å². The molecule has 0 aromatic heterocycles. The number of hydrogen-bond acceptors (Lipinski definition) is 4. The first-order valence-electron chi connectivity index (χ1n) is 9.88. The van der Waals surface area contributed by atoms with E-state index in [2.05, 4.69) is 16.7 Å². The molecule has 0 saturated carbocycles. The van der Waals surface area contributed by atoms with Crippen molar-refractivity contribution in [1.82, 2.24) is 14.5 Å². The molecule has 156 valence electrons. The molecule has 1 saturated heterocycles. The van der Waals surface area contributed by atoms with E-state index in [-0.39, 0.29) is 23.4 Å². The van der Waals surface area contributed by atoms with Crippen LogP contribution in [0.15, 0.2) is 53.4 Å². The number of benzene rings is 2. The monoisotopic (exact) mass is 415 g/mol. The molecule has 29 heavy (non-hydrogen) atoms. The van der Waals surface area contributed by atoms with Crippen molar-refractivity contribution in [2.24, 2.45) is 0 Å². The number of amides is 1. The lowest BCUT2D eigenvalue weighted by molar-refractivity contribution is 0.0659. The Hall–Kier alpha value is -2.22. The van der Waals surface area contributed by atoms with E-state index in [0.717, 1.165) is 31.5 Å². The maximum atomic E-state index is 13.0. The molecular weight excluding hydrogens is 386 g/mol. The number of piperidine rings is 1. The topological polar surface area (TPSA) is 69.7 Å². The highest BCUT2D eigenvalue weighted by Crippen LogP contribution is 2.21. The first-order chi connectivity index (χ1) is 13.8. The van der Waals surface area contributed by atoms with Crippen LogP contribution in [-0.4, -0.2) is 57.4 Å². The number of sulfonamides is 1. The van der Waals surface area contributed by atoms with Crippen molar-refractivity contribution in [1.29, 1.82) is 0 Å². The van der Waals surface area contributed by atoms with Crippen molar-refractivity contribution in [3.8, 4) is 0 Å². The maximum absolute atomic E-state index is 13.0. The zero-order valence-electron chi connectivity index (χ0n) is 17.3. The van der Waals surface area contributed by atoms with Gasteiger partial charge in [-0.3, -0.25) is 4.79 Å². The average molecular weight is 416 g/mol. The summed E-state index contributed by atoms with van der Waals surface area (Å²) in [5, 5.41) is 0. The zero-order valence-corrected chi connectivity index (χ0v) is 18.1. The van der Waals surface area contributed by atoms with E-state index < -0.39 is 10.0 Å². The van der Waals surface area contributed by atoms with E-state index in [4.69, 9.17) is 0 Å². The fourth-order valence-electron chi connectivity index (χ4n) is 3.63. The van der Waals surface area contributed by atoms with Crippen LogP contribution in [0.3, 0.4) is 0 Å². The molecule has 1 fully saturated rings. The molecule has 0 radical (unpaired) electrons. The van der Waals surface area contributed by atoms with E-state index in [1.54, 1.807) is 31.0 Å². The lowest BCUT2D eigenvalue weighted by atomic mass is 10.0. The minimum Gasteiger partial charge on any atom is -0.339 e. The molecule has 1 amide bonds. The van der Waals surface area contributed by atoms with Crippen LogP contribution in [-0.2, 0) is 16.6 Å². The van der Waals surface area contributed by atoms with E-state index in [9.17, 15) is 13.2 Å². The maximum Gasteiger partial charge on any atom is 0.253 e. The Balaban J connectivity index is 1.77. The standard InChI is InChI=1S/C22H29N3O3S/c1-17-9-10-19(22(26)25(3)20-11-13-24(2)14-12-20)15-21(17)29(27,28)23-16-18-7-5-4-6-8-18/h4-10,15,20,23H,11-14,16H2,1-3H3. The van der Waals surface area contributed by atoms with Gasteiger partial charge in [0.2, 0.25) is 10.0 Å². The molecule has 1 aliphatic heterocycles. The number of hydrogen-bond donors (Lipinski definition) is 1. The second-order valence-corrected chi connectivity index (χ2v) is 9.48. The van der Waals surface area contributed by atoms with Crippen LogP contribution >= 0.6 is 0 Å². The summed E-state index contributed by atoms with van der Waals surface area (Å²) in [4.78, 5) is 17.2. The minimum absolute atomic E-state index is 0.140. The fraction of sp³-hybridized carbons (Fsp3) is 0.409. The molecular formula is C22H29N3O3S. The van der Waals surface area contributed by atoms with Crippen LogP contribution in [0.5, 0.6) is 0 Å². The highest BCUT2D eigenvalue weighted by Gasteiger charge is 2.26. The summed E-state index contributed by atoms with van der Waals surface area (Å²) < 4.78 is 28.4. The van der Waals surface area contributed by atoms with Gasteiger partial charge in [0.1, 0.15) is 0 Å². The van der Waals surface area contributed by atoms with Gasteiger partial charge in [-0.1, -0.05) is 36.4 Å². The molecule has 0 spiro atoms. The van der Waals surface area contributed by atoms with Crippen LogP contribution < -0.4 is 4.72 Å². The number of aryl methyl sites for hydroxylation is 1. The van der Waals surface area contributed by atoms with Gasteiger partial charge in [-0.15, -0.1) is 0 Å². The third kappa shape index (κ3) is 5.23. The Kier molecular flexibility index (Phi) is 6.72. The number of carbonyl (C=O) groups excluding carboxylic acids is 1. The summed E-state index contributed by atoms with van der Waals surface area (Å²) >= 11 is 0. The molecule has 2 aromatic rings. The second kappa shape index (κ2) is 9.07. The van der Waals surface area contributed by atoms with Crippen LogP contribution in [0, 0.1) is 6.92 Å². The molecule has 2 aromatic carbocycles. The van der Waals surface area contributed by atoms with Gasteiger partial charge in [-0.25, -0.2) is 13.1 Å². The number of nitrogens with one attached hydrogen (secondary N) is 1. The van der Waals surface area contributed by atoms with Crippen molar-refractivity contribution >= 4 is 15.9 Å². The minimum atomic E-state index is -3.73. The molecule has 0 aliphatic carbocycles. The highest BCUT2D eigenvalue weighted by molar-refractivity contribution is 7.89. The Morgan fingerprint density at radius 1 is 1.14 bits per heavy atom. The second-order valence-electron chi connectivity index (χ2n) is 7.74. The van der Waals surface area contributed by atoms with E-state index in [0.29, 0.717) is 11.1 Å². The van der Waals surface area contributed by atoms with Gasteiger partial charge in [0.25, 0.3) is 5.91 Å². The number of likely N-dealkylation sites (tertiary alicyclic amines) is 1. The molecule has 0 atom stereocenters. The number of rotatable bonds is 6. The van der Waals surface area contributed by atoms with Gasteiger partial charge in [0, 0.05) is 25.2 Å². The van der Waals surface area contributed by atoms with Crippen molar-refractivity contribution in [2.75, 3.05) is 27.2 Å². The summed E-state index contributed by atoms with van der Waals surface area (Å²) in [6, 6.07) is 14.4. The quantitative estimate of drug-likeness (QED) is 0.788. The summed E-state index contributed by atoms with van der Waals surface area (Å²) in [5.41, 5.74) is 1.89. The Bertz CT molecular complexity index is 953. The third-order valence-corrected chi connectivity index (χ3v) is 7.13. The van der Waals surface area contributed by atoms with Crippen molar-refractivity contribution in [3.63, 3.8) is 0 Å². The Labute approximate surface area is 173 Å². The predicted octanol–water partition coefficient (Wildman–Crippen LogP) is 2.64. The number of carbonyl (C=O) groups is 1. The lowest BCUT2D eigenvalue weighted by Gasteiger charge is -2.35. The summed E-state index contributed by atoms with van der Waals surface area (Å²) in [6.07, 6.45) is 1.85. The Morgan fingerprint density at radius 2 is 1.79 bits per heavy atom. The predicted molar refractivity (Wildman–Crippen MR) is 114 cm³/mol. The summed E-state index contributed by atoms with van der Waals surface area (Å²) in [7, 11) is 0.156. The van der Waals surface area contributed by atoms with Gasteiger partial charge in [0.05, 0.1) is 4.90 Å². The average Bonchev–Trinajstić information content (AvgIpc) is 2.73. The van der Waals surface area contributed by atoms with Crippen LogP contribution in [0.25, 0.3) is 0 Å². The van der Waals surface area contributed by atoms with E-state index >= 15 is 0 Å². The summed E-state index contributed by atoms with van der Waals surface area (Å²) in [5.74, 6) is -0.140. The number of nitrogens with zero attached hydrogens (tertiary/aromatic N) is 2. The van der Waals surface area contributed by atoms with Gasteiger partial charge in [-0.05, 0) is 63.2 Å². The summed E-state index contributed by atoms with van der Waals surface area (Å²) in [6.45, 7) is 3.86. The molecule has 0 bridgehead atoms. The molecule has 7 heteroatoms. The van der Waals surface area contributed by atoms with E-state index in [1.165, 1.54) is 6.07 Å². The van der Waals surface area contributed by atoms with Gasteiger partial charge >= 0.3 is 0 Å². The first kappa shape index (κ1) is 21.5. The van der Waals surface area contributed by atoms with E-state index in [1.807, 2.05) is 30.3 Å². The molecule has 0 unspecified atom stereocenters. The van der Waals surface area contributed by atoms with Crippen LogP contribution in [0.4, 0.5) is 0 Å². The zero-order chi connectivity index (χ0) is 21.0. The third-order valence-electron chi connectivity index (χ3n) is 5.59. The fourth-order valence-corrected chi connectivity index (χ4v) is 4.91. The molecule has 1 heterocycles. The smallest absolute Gasteiger partial charge is 0.253 e. The van der Waals surface area contributed by atoms with Gasteiger partial charge < -0.3 is 9.80 Å². The normalized spacial score (nSPS) is 16.0. The van der Waals surface area contributed by atoms with Crippen molar-refractivity contribution in [3.05, 3.63) is 65.2 Å². The molecule has 3 rings (SSSR count). The Morgan fingerprint density at radius 3 is 2.45 bits per heavy atom. The largest absolute Gasteiger partial charge is 0.339 e. The SMILES string of the molecule is Cc1ccc(C(=O)N(C)C2CCN(C)CC2)cc1S(=O)(=O)NCc1ccccc1. The van der Waals surface area contributed by atoms with Gasteiger partial charge in [-0.2, -0.15) is 0 Å². The molecule has 6 nitrogen and oxygen atoms in total. The molecule has 1 N–H and O–H groups in total. The highest BCUT2D eigenvalue weighted by atomic mass is 32.2. The van der Waals surface area contributed by atoms with Crippen molar-refractivity contribution in [2.45, 2.75) is 37.2 Å².